The van der Waals surface area contributed by atoms with Crippen LogP contribution in [0.5, 0.6) is 0 Å². The molecular formula is C12H23Cl2N3S. The summed E-state index contributed by atoms with van der Waals surface area (Å²) in [7, 11) is 2.05. The molecule has 0 aliphatic carbocycles. The van der Waals surface area contributed by atoms with Gasteiger partial charge in [-0.05, 0) is 26.3 Å². The van der Waals surface area contributed by atoms with Gasteiger partial charge in [0.2, 0.25) is 0 Å². The average molecular weight is 312 g/mol. The molecule has 0 bridgehead atoms. The highest BCUT2D eigenvalue weighted by atomic mass is 35.5. The Bertz CT molecular complexity index is 333. The molecule has 2 rings (SSSR count). The number of aromatic nitrogens is 1. The number of aryl methyl sites for hydroxylation is 1. The van der Waals surface area contributed by atoms with Gasteiger partial charge in [-0.2, -0.15) is 0 Å². The molecule has 1 aromatic rings. The van der Waals surface area contributed by atoms with E-state index in [4.69, 9.17) is 0 Å². The molecule has 0 radical (unpaired) electrons. The minimum absolute atomic E-state index is 0. The normalized spacial score (nSPS) is 19.3. The lowest BCUT2D eigenvalue weighted by Gasteiger charge is -2.13. The van der Waals surface area contributed by atoms with Crippen LogP contribution in [0.3, 0.4) is 0 Å². The molecule has 1 saturated heterocycles. The third-order valence-electron chi connectivity index (χ3n) is 3.13. The SMILES string of the molecule is CCCc1nc(CN2CCC(NC)C2)cs1.Cl.Cl. The van der Waals surface area contributed by atoms with Gasteiger partial charge in [-0.3, -0.25) is 4.90 Å². The average Bonchev–Trinajstić information content (AvgIpc) is 2.89. The molecule has 0 amide bonds. The summed E-state index contributed by atoms with van der Waals surface area (Å²) in [6, 6.07) is 0.675. The molecule has 0 spiro atoms. The molecule has 3 nitrogen and oxygen atoms in total. The first-order valence-electron chi connectivity index (χ1n) is 6.14. The van der Waals surface area contributed by atoms with Crippen LogP contribution >= 0.6 is 36.2 Å². The lowest BCUT2D eigenvalue weighted by molar-refractivity contribution is 0.319. The highest BCUT2D eigenvalue weighted by Gasteiger charge is 2.21. The fourth-order valence-electron chi connectivity index (χ4n) is 2.19. The third-order valence-corrected chi connectivity index (χ3v) is 4.09. The van der Waals surface area contributed by atoms with E-state index in [9.17, 15) is 0 Å². The lowest BCUT2D eigenvalue weighted by Crippen LogP contribution is -2.29. The first-order valence-corrected chi connectivity index (χ1v) is 7.02. The Morgan fingerprint density at radius 2 is 2.28 bits per heavy atom. The number of nitrogens with one attached hydrogen (secondary N) is 1. The molecule has 1 unspecified atom stereocenters. The van der Waals surface area contributed by atoms with E-state index in [1.807, 2.05) is 11.3 Å². The molecular weight excluding hydrogens is 289 g/mol. The standard InChI is InChI=1S/C12H21N3S.2ClH/c1-3-4-12-14-11(9-16-12)8-15-6-5-10(7-15)13-2;;/h9-10,13H,3-8H2,1-2H3;2*1H. The van der Waals surface area contributed by atoms with E-state index in [0.717, 1.165) is 19.5 Å². The summed E-state index contributed by atoms with van der Waals surface area (Å²) in [5.74, 6) is 0. The van der Waals surface area contributed by atoms with E-state index in [0.29, 0.717) is 6.04 Å². The molecule has 1 aliphatic rings. The zero-order valence-corrected chi connectivity index (χ0v) is 13.5. The number of nitrogens with zero attached hydrogens (tertiary/aromatic N) is 2. The zero-order chi connectivity index (χ0) is 11.4. The van der Waals surface area contributed by atoms with Crippen LogP contribution in [-0.4, -0.2) is 36.1 Å². The Hall–Kier alpha value is 0.130. The van der Waals surface area contributed by atoms with Crippen molar-refractivity contribution in [2.45, 2.75) is 38.8 Å². The van der Waals surface area contributed by atoms with Gasteiger partial charge in [0.25, 0.3) is 0 Å². The van der Waals surface area contributed by atoms with Gasteiger partial charge in [-0.1, -0.05) is 6.92 Å². The van der Waals surface area contributed by atoms with E-state index < -0.39 is 0 Å². The Kier molecular flexibility index (Phi) is 9.17. The Morgan fingerprint density at radius 3 is 2.89 bits per heavy atom. The van der Waals surface area contributed by atoms with Gasteiger partial charge in [0.1, 0.15) is 0 Å². The zero-order valence-electron chi connectivity index (χ0n) is 11.0. The summed E-state index contributed by atoms with van der Waals surface area (Å²) in [6.07, 6.45) is 3.59. The molecule has 1 aromatic heterocycles. The van der Waals surface area contributed by atoms with E-state index in [1.54, 1.807) is 0 Å². The first kappa shape index (κ1) is 18.1. The second-order valence-corrected chi connectivity index (χ2v) is 5.43. The number of thiazole rings is 1. The summed E-state index contributed by atoms with van der Waals surface area (Å²) < 4.78 is 0. The second kappa shape index (κ2) is 9.10. The summed E-state index contributed by atoms with van der Waals surface area (Å²) in [5, 5.41) is 6.86. The first-order chi connectivity index (χ1) is 7.81. The number of hydrogen-bond acceptors (Lipinski definition) is 4. The van der Waals surface area contributed by atoms with Crippen LogP contribution in [0.15, 0.2) is 5.38 Å². The van der Waals surface area contributed by atoms with Crippen LogP contribution in [-0.2, 0) is 13.0 Å². The maximum atomic E-state index is 4.67. The van der Waals surface area contributed by atoms with E-state index in [1.165, 1.54) is 30.1 Å². The smallest absolute Gasteiger partial charge is 0.0928 e. The van der Waals surface area contributed by atoms with Crippen LogP contribution in [0.2, 0.25) is 0 Å². The topological polar surface area (TPSA) is 28.2 Å². The van der Waals surface area contributed by atoms with Crippen molar-refractivity contribution in [3.63, 3.8) is 0 Å². The van der Waals surface area contributed by atoms with Gasteiger partial charge in [0.15, 0.2) is 0 Å². The van der Waals surface area contributed by atoms with Gasteiger partial charge in [-0.25, -0.2) is 4.98 Å². The van der Waals surface area contributed by atoms with Crippen molar-refractivity contribution in [3.8, 4) is 0 Å². The third kappa shape index (κ3) is 5.02. The van der Waals surface area contributed by atoms with Crippen molar-refractivity contribution in [1.82, 2.24) is 15.2 Å². The Labute approximate surface area is 126 Å². The van der Waals surface area contributed by atoms with E-state index in [2.05, 4.69) is 34.6 Å². The van der Waals surface area contributed by atoms with Crippen molar-refractivity contribution in [3.05, 3.63) is 16.1 Å². The van der Waals surface area contributed by atoms with Crippen LogP contribution in [0, 0.1) is 0 Å². The largest absolute Gasteiger partial charge is 0.316 e. The summed E-state index contributed by atoms with van der Waals surface area (Å²) >= 11 is 1.81. The molecule has 0 aromatic carbocycles. The van der Waals surface area contributed by atoms with Crippen LogP contribution < -0.4 is 5.32 Å². The monoisotopic (exact) mass is 311 g/mol. The highest BCUT2D eigenvalue weighted by Crippen LogP contribution is 2.16. The highest BCUT2D eigenvalue weighted by molar-refractivity contribution is 7.09. The number of likely N-dealkylation sites (tertiary alicyclic amines) is 1. The number of halogens is 2. The van der Waals surface area contributed by atoms with Crippen molar-refractivity contribution < 1.29 is 0 Å². The van der Waals surface area contributed by atoms with Gasteiger partial charge in [-0.15, -0.1) is 36.2 Å². The van der Waals surface area contributed by atoms with Gasteiger partial charge >= 0.3 is 0 Å². The van der Waals surface area contributed by atoms with Crippen molar-refractivity contribution in [1.29, 1.82) is 0 Å². The molecule has 106 valence electrons. The van der Waals surface area contributed by atoms with E-state index >= 15 is 0 Å². The quantitative estimate of drug-likeness (QED) is 0.906. The summed E-state index contributed by atoms with van der Waals surface area (Å²) in [6.45, 7) is 5.60. The number of rotatable bonds is 5. The molecule has 1 atom stereocenters. The van der Waals surface area contributed by atoms with Crippen molar-refractivity contribution >= 4 is 36.2 Å². The van der Waals surface area contributed by atoms with Crippen LogP contribution in [0.25, 0.3) is 0 Å². The molecule has 18 heavy (non-hydrogen) atoms. The van der Waals surface area contributed by atoms with Crippen molar-refractivity contribution in [2.75, 3.05) is 20.1 Å². The molecule has 0 saturated carbocycles. The minimum atomic E-state index is 0. The maximum Gasteiger partial charge on any atom is 0.0928 e. The molecule has 1 aliphatic heterocycles. The van der Waals surface area contributed by atoms with Crippen LogP contribution in [0.4, 0.5) is 0 Å². The fraction of sp³-hybridized carbons (Fsp3) is 0.750. The lowest BCUT2D eigenvalue weighted by atomic mass is 10.3. The minimum Gasteiger partial charge on any atom is -0.316 e. The molecule has 2 heterocycles. The van der Waals surface area contributed by atoms with Gasteiger partial charge in [0.05, 0.1) is 10.7 Å². The number of likely N-dealkylation sites (N-methyl/N-ethyl adjacent to an activating group) is 1. The Morgan fingerprint density at radius 1 is 1.50 bits per heavy atom. The van der Waals surface area contributed by atoms with Crippen LogP contribution in [0.1, 0.15) is 30.5 Å². The predicted molar refractivity (Wildman–Crippen MR) is 83.3 cm³/mol. The fourth-order valence-corrected chi connectivity index (χ4v) is 3.08. The summed E-state index contributed by atoms with van der Waals surface area (Å²) in [5.41, 5.74) is 1.25. The number of hydrogen-bond donors (Lipinski definition) is 1. The Balaban J connectivity index is 0.00000144. The molecule has 6 heteroatoms. The molecule has 1 N–H and O–H groups in total. The van der Waals surface area contributed by atoms with Gasteiger partial charge in [0, 0.05) is 31.1 Å². The van der Waals surface area contributed by atoms with E-state index in [-0.39, 0.29) is 24.8 Å². The van der Waals surface area contributed by atoms with Gasteiger partial charge < -0.3 is 5.32 Å². The predicted octanol–water partition coefficient (Wildman–Crippen LogP) is 2.73. The molecule has 1 fully saturated rings. The maximum absolute atomic E-state index is 4.67. The van der Waals surface area contributed by atoms with Crippen molar-refractivity contribution in [2.24, 2.45) is 0 Å². The summed E-state index contributed by atoms with van der Waals surface area (Å²) in [4.78, 5) is 7.16. The second-order valence-electron chi connectivity index (χ2n) is 4.49.